The number of likely N-dealkylation sites (N-methyl/N-ethyl adjacent to an activating group) is 1. The third-order valence-electron chi connectivity index (χ3n) is 7.61. The van der Waals surface area contributed by atoms with Crippen LogP contribution in [0.1, 0.15) is 40.2 Å². The molecule has 1 aliphatic rings. The number of nitrogens with zero attached hydrogens (tertiary/aromatic N) is 4. The minimum atomic E-state index is 0.0244. The monoisotopic (exact) mass is 563 g/mol. The number of hydrogen-bond donors (Lipinski definition) is 1. The van der Waals surface area contributed by atoms with E-state index in [0.717, 1.165) is 73.7 Å². The maximum atomic E-state index is 13.2. The van der Waals surface area contributed by atoms with Crippen molar-refractivity contribution in [2.75, 3.05) is 51.2 Å². The van der Waals surface area contributed by atoms with Crippen molar-refractivity contribution < 1.29 is 4.79 Å². The number of H-pyrrole nitrogens is 1. The summed E-state index contributed by atoms with van der Waals surface area (Å²) in [6, 6.07) is 21.8. The second kappa shape index (κ2) is 12.4. The highest BCUT2D eigenvalue weighted by Gasteiger charge is 2.22. The van der Waals surface area contributed by atoms with E-state index in [4.69, 9.17) is 28.2 Å². The highest BCUT2D eigenvalue weighted by atomic mass is 35.5. The van der Waals surface area contributed by atoms with E-state index in [0.29, 0.717) is 22.2 Å². The largest absolute Gasteiger partial charge is 0.341 e. The van der Waals surface area contributed by atoms with Gasteiger partial charge in [0.05, 0.1) is 21.1 Å². The van der Waals surface area contributed by atoms with Crippen molar-refractivity contribution in [3.8, 4) is 0 Å². The Morgan fingerprint density at radius 2 is 1.79 bits per heavy atom. The zero-order valence-electron chi connectivity index (χ0n) is 22.5. The molecule has 0 bridgehead atoms. The Kier molecular flexibility index (Phi) is 8.75. The molecule has 8 heteroatoms. The lowest BCUT2D eigenvalue weighted by Crippen LogP contribution is -2.35. The van der Waals surface area contributed by atoms with Crippen molar-refractivity contribution in [3.05, 3.63) is 93.5 Å². The fourth-order valence-electron chi connectivity index (χ4n) is 5.29. The third kappa shape index (κ3) is 6.75. The predicted octanol–water partition coefficient (Wildman–Crippen LogP) is 6.64. The number of aryl methyl sites for hydroxylation is 1. The molecule has 1 saturated heterocycles. The molecule has 1 aromatic heterocycles. The summed E-state index contributed by atoms with van der Waals surface area (Å²) in [5.74, 6) is 1.10. The van der Waals surface area contributed by atoms with Crippen molar-refractivity contribution in [2.24, 2.45) is 0 Å². The third-order valence-corrected chi connectivity index (χ3v) is 8.35. The second-order valence-corrected chi connectivity index (χ2v) is 11.3. The number of fused-ring (bicyclic) bond motifs is 1. The first-order chi connectivity index (χ1) is 18.9. The number of rotatable bonds is 8. The number of aromatic amines is 1. The fraction of sp³-hybridized carbons (Fsp3) is 0.355. The van der Waals surface area contributed by atoms with Gasteiger partial charge in [-0.2, -0.15) is 0 Å². The van der Waals surface area contributed by atoms with Gasteiger partial charge in [0.2, 0.25) is 5.95 Å². The molecule has 0 saturated carbocycles. The van der Waals surface area contributed by atoms with Crippen molar-refractivity contribution in [3.63, 3.8) is 0 Å². The van der Waals surface area contributed by atoms with Gasteiger partial charge in [0.25, 0.3) is 5.91 Å². The van der Waals surface area contributed by atoms with Gasteiger partial charge in [-0.1, -0.05) is 59.1 Å². The van der Waals surface area contributed by atoms with Gasteiger partial charge in [0.15, 0.2) is 0 Å². The van der Waals surface area contributed by atoms with Gasteiger partial charge >= 0.3 is 0 Å². The molecule has 1 unspecified atom stereocenters. The van der Waals surface area contributed by atoms with Crippen LogP contribution in [0.3, 0.4) is 0 Å². The van der Waals surface area contributed by atoms with Crippen LogP contribution in [-0.2, 0) is 0 Å². The molecule has 4 aromatic rings. The van der Waals surface area contributed by atoms with Crippen molar-refractivity contribution in [2.45, 2.75) is 25.7 Å². The van der Waals surface area contributed by atoms with Gasteiger partial charge in [-0.3, -0.25) is 4.79 Å². The molecule has 1 fully saturated rings. The number of para-hydroxylation sites is 2. The molecule has 5 rings (SSSR count). The molecular formula is C31H35Cl2N5O. The molecule has 0 radical (unpaired) electrons. The van der Waals surface area contributed by atoms with E-state index >= 15 is 0 Å². The number of nitrogens with one attached hydrogen (secondary N) is 1. The van der Waals surface area contributed by atoms with E-state index in [9.17, 15) is 4.79 Å². The zero-order valence-corrected chi connectivity index (χ0v) is 24.0. The summed E-state index contributed by atoms with van der Waals surface area (Å²) in [4.78, 5) is 28.2. The lowest BCUT2D eigenvalue weighted by atomic mass is 9.94. The van der Waals surface area contributed by atoms with E-state index in [-0.39, 0.29) is 11.8 Å². The van der Waals surface area contributed by atoms with Crippen LogP contribution in [-0.4, -0.2) is 72.0 Å². The Labute approximate surface area is 240 Å². The molecule has 204 valence electrons. The molecule has 0 aliphatic carbocycles. The smallest absolute Gasteiger partial charge is 0.253 e. The Bertz CT molecular complexity index is 1390. The van der Waals surface area contributed by atoms with E-state index in [1.807, 2.05) is 79.5 Å². The van der Waals surface area contributed by atoms with E-state index in [1.54, 1.807) is 0 Å². The molecule has 1 amide bonds. The Morgan fingerprint density at radius 1 is 1.00 bits per heavy atom. The van der Waals surface area contributed by atoms with Crippen LogP contribution < -0.4 is 4.90 Å². The number of aromatic nitrogens is 2. The number of halogens is 2. The molecule has 3 aromatic carbocycles. The highest BCUT2D eigenvalue weighted by Crippen LogP contribution is 2.29. The molecule has 6 nitrogen and oxygen atoms in total. The predicted molar refractivity (Wildman–Crippen MR) is 161 cm³/mol. The number of carbonyl (C=O) groups is 1. The maximum absolute atomic E-state index is 13.2. The van der Waals surface area contributed by atoms with Gasteiger partial charge in [0, 0.05) is 44.7 Å². The fourth-order valence-corrected chi connectivity index (χ4v) is 5.60. The molecule has 1 atom stereocenters. The van der Waals surface area contributed by atoms with Crippen LogP contribution in [0.5, 0.6) is 0 Å². The van der Waals surface area contributed by atoms with Crippen molar-refractivity contribution in [1.82, 2.24) is 19.8 Å². The molecule has 39 heavy (non-hydrogen) atoms. The summed E-state index contributed by atoms with van der Waals surface area (Å²) >= 11 is 12.6. The molecule has 0 spiro atoms. The summed E-state index contributed by atoms with van der Waals surface area (Å²) in [5, 5.41) is 1.09. The van der Waals surface area contributed by atoms with Gasteiger partial charge in [-0.05, 0) is 74.8 Å². The summed E-state index contributed by atoms with van der Waals surface area (Å²) in [5.41, 5.74) is 5.02. The number of carbonyl (C=O) groups excluding carboxylic acids is 1. The maximum Gasteiger partial charge on any atom is 0.253 e. The first-order valence-corrected chi connectivity index (χ1v) is 14.3. The van der Waals surface area contributed by atoms with Crippen LogP contribution in [0.2, 0.25) is 10.0 Å². The van der Waals surface area contributed by atoms with E-state index in [1.165, 1.54) is 0 Å². The Hall–Kier alpha value is -3.06. The summed E-state index contributed by atoms with van der Waals surface area (Å²) < 4.78 is 0. The van der Waals surface area contributed by atoms with Crippen LogP contribution in [0.15, 0.2) is 66.7 Å². The standard InChI is InChI=1S/C31H35Cl2N5O/c1-22-8-10-23(11-9-22)30(39)36(2)21-25(24-12-13-26(32)27(33)20-24)14-17-37-15-5-16-38(19-18-37)31-34-28-6-3-4-7-29(28)35-31/h3-4,6-13,20,25H,5,14-19,21H2,1-2H3,(H,34,35). The quantitative estimate of drug-likeness (QED) is 0.261. The van der Waals surface area contributed by atoms with Gasteiger partial charge in [0.1, 0.15) is 0 Å². The van der Waals surface area contributed by atoms with Crippen LogP contribution in [0, 0.1) is 6.92 Å². The first kappa shape index (κ1) is 27.5. The second-order valence-electron chi connectivity index (χ2n) is 10.5. The average molecular weight is 565 g/mol. The highest BCUT2D eigenvalue weighted by molar-refractivity contribution is 6.42. The Balaban J connectivity index is 1.25. The first-order valence-electron chi connectivity index (χ1n) is 13.6. The minimum absolute atomic E-state index is 0.0244. The van der Waals surface area contributed by atoms with Gasteiger partial charge < -0.3 is 19.7 Å². The van der Waals surface area contributed by atoms with Crippen LogP contribution in [0.4, 0.5) is 5.95 Å². The SMILES string of the molecule is Cc1ccc(C(=O)N(C)CC(CCN2CCCN(c3nc4ccccc4[nH]3)CC2)c2ccc(Cl)c(Cl)c2)cc1. The average Bonchev–Trinajstić information content (AvgIpc) is 3.23. The molecule has 1 aliphatic heterocycles. The minimum Gasteiger partial charge on any atom is -0.341 e. The lowest BCUT2D eigenvalue weighted by molar-refractivity contribution is 0.0783. The lowest BCUT2D eigenvalue weighted by Gasteiger charge is -2.28. The van der Waals surface area contributed by atoms with Gasteiger partial charge in [-0.25, -0.2) is 4.98 Å². The molecule has 1 N–H and O–H groups in total. The topological polar surface area (TPSA) is 55.5 Å². The van der Waals surface area contributed by atoms with Gasteiger partial charge in [-0.15, -0.1) is 0 Å². The van der Waals surface area contributed by atoms with Crippen molar-refractivity contribution in [1.29, 1.82) is 0 Å². The molecule has 2 heterocycles. The molecular weight excluding hydrogens is 529 g/mol. The number of anilines is 1. The Morgan fingerprint density at radius 3 is 2.56 bits per heavy atom. The van der Waals surface area contributed by atoms with Crippen LogP contribution in [0.25, 0.3) is 11.0 Å². The van der Waals surface area contributed by atoms with Crippen LogP contribution >= 0.6 is 23.2 Å². The number of benzene rings is 3. The summed E-state index contributed by atoms with van der Waals surface area (Å²) in [7, 11) is 1.88. The van der Waals surface area contributed by atoms with E-state index in [2.05, 4.69) is 20.9 Å². The number of amides is 1. The van der Waals surface area contributed by atoms with E-state index < -0.39 is 0 Å². The summed E-state index contributed by atoms with van der Waals surface area (Å²) in [6.45, 7) is 7.45. The normalized spacial score (nSPS) is 15.3. The summed E-state index contributed by atoms with van der Waals surface area (Å²) in [6.07, 6.45) is 1.98. The van der Waals surface area contributed by atoms with Crippen molar-refractivity contribution >= 4 is 46.1 Å². The number of hydrogen-bond acceptors (Lipinski definition) is 4. The number of imidazole rings is 1. The zero-order chi connectivity index (χ0) is 27.4.